The standard InChI is InChI=1S/C13H16N2O3/c1-13(2,3)18-12(17)11-6-10(14)5-4-9(11)7-15-8-16/h4-6H,7,14H2,1-3H3. The summed E-state index contributed by atoms with van der Waals surface area (Å²) in [5.74, 6) is -0.481. The van der Waals surface area contributed by atoms with Crippen molar-refractivity contribution >= 4 is 17.7 Å². The number of aliphatic imine (C=N–C) groups is 1. The molecule has 0 aromatic heterocycles. The predicted octanol–water partition coefficient (Wildman–Crippen LogP) is 2.06. The number of nitrogen functional groups attached to an aromatic ring is 1. The van der Waals surface area contributed by atoms with Crippen LogP contribution in [0.4, 0.5) is 5.69 Å². The lowest BCUT2D eigenvalue weighted by Crippen LogP contribution is -2.24. The van der Waals surface area contributed by atoms with Gasteiger partial charge in [0.05, 0.1) is 12.1 Å². The molecule has 2 N–H and O–H groups in total. The number of nitrogens with zero attached hydrogens (tertiary/aromatic N) is 1. The van der Waals surface area contributed by atoms with E-state index in [2.05, 4.69) is 4.99 Å². The van der Waals surface area contributed by atoms with Crippen molar-refractivity contribution in [2.75, 3.05) is 5.73 Å². The predicted molar refractivity (Wildman–Crippen MR) is 67.8 cm³/mol. The van der Waals surface area contributed by atoms with Gasteiger partial charge in [-0.1, -0.05) is 6.07 Å². The number of carbonyl (C=O) groups is 1. The van der Waals surface area contributed by atoms with Crippen LogP contribution in [0, 0.1) is 0 Å². The monoisotopic (exact) mass is 248 g/mol. The second kappa shape index (κ2) is 5.47. The maximum absolute atomic E-state index is 12.0. The van der Waals surface area contributed by atoms with Crippen LogP contribution < -0.4 is 5.73 Å². The van der Waals surface area contributed by atoms with Crippen molar-refractivity contribution < 1.29 is 14.3 Å². The van der Waals surface area contributed by atoms with E-state index in [0.29, 0.717) is 16.8 Å². The van der Waals surface area contributed by atoms with E-state index in [1.165, 1.54) is 12.1 Å². The molecule has 5 heteroatoms. The van der Waals surface area contributed by atoms with Gasteiger partial charge in [0.2, 0.25) is 6.08 Å². The summed E-state index contributed by atoms with van der Waals surface area (Å²) in [6.45, 7) is 5.42. The molecule has 0 bridgehead atoms. The van der Waals surface area contributed by atoms with E-state index in [4.69, 9.17) is 10.5 Å². The van der Waals surface area contributed by atoms with Crippen molar-refractivity contribution in [3.63, 3.8) is 0 Å². The Morgan fingerprint density at radius 3 is 2.67 bits per heavy atom. The van der Waals surface area contributed by atoms with Crippen LogP contribution in [0.5, 0.6) is 0 Å². The molecule has 0 saturated heterocycles. The fourth-order valence-electron chi connectivity index (χ4n) is 1.37. The molecule has 96 valence electrons. The highest BCUT2D eigenvalue weighted by atomic mass is 16.6. The van der Waals surface area contributed by atoms with Gasteiger partial charge >= 0.3 is 5.97 Å². The van der Waals surface area contributed by atoms with Crippen LogP contribution in [0.15, 0.2) is 23.2 Å². The number of anilines is 1. The van der Waals surface area contributed by atoms with E-state index in [9.17, 15) is 9.59 Å². The highest BCUT2D eigenvalue weighted by Crippen LogP contribution is 2.19. The molecular formula is C13H16N2O3. The number of esters is 1. The van der Waals surface area contributed by atoms with Crippen LogP contribution in [-0.2, 0) is 16.1 Å². The van der Waals surface area contributed by atoms with Gasteiger partial charge in [-0.15, -0.1) is 0 Å². The summed E-state index contributed by atoms with van der Waals surface area (Å²) in [4.78, 5) is 25.6. The molecule has 0 radical (unpaired) electrons. The number of hydrogen-bond acceptors (Lipinski definition) is 5. The van der Waals surface area contributed by atoms with Crippen molar-refractivity contribution in [2.45, 2.75) is 32.9 Å². The third-order valence-electron chi connectivity index (χ3n) is 2.07. The Bertz CT molecular complexity index is 497. The van der Waals surface area contributed by atoms with Gasteiger partial charge < -0.3 is 10.5 Å². The zero-order valence-electron chi connectivity index (χ0n) is 10.7. The van der Waals surface area contributed by atoms with Crippen LogP contribution in [0.3, 0.4) is 0 Å². The second-order valence-corrected chi connectivity index (χ2v) is 4.83. The minimum Gasteiger partial charge on any atom is -0.456 e. The zero-order chi connectivity index (χ0) is 13.8. The Labute approximate surface area is 106 Å². The van der Waals surface area contributed by atoms with Crippen molar-refractivity contribution in [3.8, 4) is 0 Å². The lowest BCUT2D eigenvalue weighted by atomic mass is 10.1. The van der Waals surface area contributed by atoms with Crippen molar-refractivity contribution in [3.05, 3.63) is 29.3 Å². The van der Waals surface area contributed by atoms with E-state index in [0.717, 1.165) is 0 Å². The molecule has 0 atom stereocenters. The minimum atomic E-state index is -0.590. The average Bonchev–Trinajstić information content (AvgIpc) is 2.25. The topological polar surface area (TPSA) is 81.8 Å². The first-order chi connectivity index (χ1) is 8.33. The summed E-state index contributed by atoms with van der Waals surface area (Å²) in [6, 6.07) is 4.81. The minimum absolute atomic E-state index is 0.0817. The van der Waals surface area contributed by atoms with Gasteiger partial charge in [0.25, 0.3) is 0 Å². The molecule has 1 rings (SSSR count). The Morgan fingerprint density at radius 2 is 2.11 bits per heavy atom. The third kappa shape index (κ3) is 4.03. The normalized spacial score (nSPS) is 10.6. The maximum Gasteiger partial charge on any atom is 0.339 e. The number of ether oxygens (including phenoxy) is 1. The third-order valence-corrected chi connectivity index (χ3v) is 2.07. The highest BCUT2D eigenvalue weighted by molar-refractivity contribution is 5.92. The van der Waals surface area contributed by atoms with Gasteiger partial charge in [-0.2, -0.15) is 0 Å². The van der Waals surface area contributed by atoms with Crippen LogP contribution in [0.25, 0.3) is 0 Å². The maximum atomic E-state index is 12.0. The summed E-state index contributed by atoms with van der Waals surface area (Å²) in [6.07, 6.45) is 1.44. The summed E-state index contributed by atoms with van der Waals surface area (Å²) >= 11 is 0. The van der Waals surface area contributed by atoms with Gasteiger partial charge in [-0.3, -0.25) is 0 Å². The van der Waals surface area contributed by atoms with Gasteiger partial charge in [-0.25, -0.2) is 14.6 Å². The summed E-state index contributed by atoms with van der Waals surface area (Å²) in [7, 11) is 0. The number of nitrogens with two attached hydrogens (primary N) is 1. The van der Waals surface area contributed by atoms with Gasteiger partial charge in [0.1, 0.15) is 5.60 Å². The molecule has 18 heavy (non-hydrogen) atoms. The van der Waals surface area contributed by atoms with Gasteiger partial charge in [-0.05, 0) is 38.5 Å². The highest BCUT2D eigenvalue weighted by Gasteiger charge is 2.20. The molecular weight excluding hydrogens is 232 g/mol. The van der Waals surface area contributed by atoms with E-state index < -0.39 is 11.6 Å². The Hall–Kier alpha value is -2.13. The second-order valence-electron chi connectivity index (χ2n) is 4.83. The lowest BCUT2D eigenvalue weighted by Gasteiger charge is -2.20. The molecule has 0 aliphatic carbocycles. The zero-order valence-corrected chi connectivity index (χ0v) is 10.7. The Balaban J connectivity index is 3.08. The van der Waals surface area contributed by atoms with Gasteiger partial charge in [0, 0.05) is 5.69 Å². The largest absolute Gasteiger partial charge is 0.456 e. The summed E-state index contributed by atoms with van der Waals surface area (Å²) in [5.41, 5.74) is 6.41. The molecule has 1 aromatic rings. The lowest BCUT2D eigenvalue weighted by molar-refractivity contribution is 0.00684. The fraction of sp³-hybridized carbons (Fsp3) is 0.385. The SMILES string of the molecule is CC(C)(C)OC(=O)c1cc(N)ccc1CN=C=O. The molecule has 0 spiro atoms. The fourth-order valence-corrected chi connectivity index (χ4v) is 1.37. The van der Waals surface area contributed by atoms with Crippen LogP contribution in [0.1, 0.15) is 36.7 Å². The van der Waals surface area contributed by atoms with Crippen LogP contribution in [0.2, 0.25) is 0 Å². The molecule has 0 aliphatic heterocycles. The number of hydrogen-bond donors (Lipinski definition) is 1. The van der Waals surface area contributed by atoms with Crippen LogP contribution in [-0.4, -0.2) is 17.7 Å². The number of benzene rings is 1. The number of rotatable bonds is 3. The quantitative estimate of drug-likeness (QED) is 0.384. The first-order valence-electron chi connectivity index (χ1n) is 5.49. The van der Waals surface area contributed by atoms with E-state index in [1.54, 1.807) is 32.9 Å². The Morgan fingerprint density at radius 1 is 1.44 bits per heavy atom. The average molecular weight is 248 g/mol. The van der Waals surface area contributed by atoms with Crippen molar-refractivity contribution in [1.29, 1.82) is 0 Å². The molecule has 0 amide bonds. The van der Waals surface area contributed by atoms with E-state index in [1.807, 2.05) is 0 Å². The number of isocyanates is 1. The molecule has 0 unspecified atom stereocenters. The molecule has 1 aromatic carbocycles. The number of carbonyl (C=O) groups excluding carboxylic acids is 2. The van der Waals surface area contributed by atoms with E-state index in [-0.39, 0.29) is 6.54 Å². The van der Waals surface area contributed by atoms with Crippen LogP contribution >= 0.6 is 0 Å². The summed E-state index contributed by atoms with van der Waals surface area (Å²) < 4.78 is 5.26. The molecule has 0 aliphatic rings. The molecule has 0 saturated carbocycles. The summed E-state index contributed by atoms with van der Waals surface area (Å²) in [5, 5.41) is 0. The molecule has 0 fully saturated rings. The van der Waals surface area contributed by atoms with Gasteiger partial charge in [0.15, 0.2) is 0 Å². The molecule has 5 nitrogen and oxygen atoms in total. The van der Waals surface area contributed by atoms with Crippen molar-refractivity contribution in [2.24, 2.45) is 4.99 Å². The Kier molecular flexibility index (Phi) is 4.23. The molecule has 0 heterocycles. The smallest absolute Gasteiger partial charge is 0.339 e. The first kappa shape index (κ1) is 13.9. The first-order valence-corrected chi connectivity index (χ1v) is 5.49. The van der Waals surface area contributed by atoms with E-state index >= 15 is 0 Å². The van der Waals surface area contributed by atoms with Crippen molar-refractivity contribution in [1.82, 2.24) is 0 Å².